The van der Waals surface area contributed by atoms with Crippen molar-refractivity contribution in [2.45, 2.75) is 83.6 Å². The van der Waals surface area contributed by atoms with Crippen LogP contribution in [0.5, 0.6) is 0 Å². The molecule has 144 valence electrons. The van der Waals surface area contributed by atoms with E-state index in [0.29, 0.717) is 6.54 Å². The molecule has 7 heteroatoms. The Kier molecular flexibility index (Phi) is 6.18. The van der Waals surface area contributed by atoms with Crippen LogP contribution in [0.25, 0.3) is 0 Å². The molecule has 0 unspecified atom stereocenters. The van der Waals surface area contributed by atoms with Crippen LogP contribution >= 0.6 is 11.9 Å². The van der Waals surface area contributed by atoms with E-state index in [2.05, 4.69) is 64.6 Å². The van der Waals surface area contributed by atoms with Gasteiger partial charge in [0.1, 0.15) is 0 Å². The first-order chi connectivity index (χ1) is 11.8. The number of carbonyl (C=O) groups excluding carboxylic acids is 1. The van der Waals surface area contributed by atoms with Gasteiger partial charge in [-0.15, -0.1) is 0 Å². The van der Waals surface area contributed by atoms with Crippen molar-refractivity contribution >= 4 is 30.4 Å². The van der Waals surface area contributed by atoms with Gasteiger partial charge in [-0.2, -0.15) is 0 Å². The van der Waals surface area contributed by atoms with Crippen LogP contribution in [0.1, 0.15) is 61.0 Å². The summed E-state index contributed by atoms with van der Waals surface area (Å²) < 4.78 is 15.9. The highest BCUT2D eigenvalue weighted by Crippen LogP contribution is 2.37. The molecule has 1 aliphatic heterocycles. The maximum atomic E-state index is 11.2. The molecule has 1 saturated heterocycles. The van der Waals surface area contributed by atoms with E-state index in [1.54, 1.807) is 11.9 Å². The van der Waals surface area contributed by atoms with Crippen LogP contribution in [0.15, 0.2) is 23.1 Å². The predicted molar refractivity (Wildman–Crippen MR) is 108 cm³/mol. The van der Waals surface area contributed by atoms with Gasteiger partial charge in [-0.1, -0.05) is 12.1 Å². The molecule has 1 amide bonds. The number of hydrogen-bond acceptors (Lipinski definition) is 5. The standard InChI is InChI=1S/C19H31BN2O3S/c1-13(23)21-12-14-9-10-15(16(11-14)26-22-17(2,3)4)20-24-18(5,6)19(7,8)25-20/h9-11,22H,12H2,1-8H3,(H,21,23). The zero-order valence-electron chi connectivity index (χ0n) is 17.1. The van der Waals surface area contributed by atoms with Crippen molar-refractivity contribution in [2.75, 3.05) is 0 Å². The number of rotatable bonds is 5. The maximum Gasteiger partial charge on any atom is 0.496 e. The van der Waals surface area contributed by atoms with Gasteiger partial charge in [0.15, 0.2) is 0 Å². The zero-order valence-corrected chi connectivity index (χ0v) is 18.0. The third-order valence-corrected chi connectivity index (χ3v) is 5.88. The first-order valence-corrected chi connectivity index (χ1v) is 9.79. The average molecular weight is 378 g/mol. The molecule has 1 fully saturated rings. The molecule has 26 heavy (non-hydrogen) atoms. The molecule has 0 aromatic heterocycles. The monoisotopic (exact) mass is 378 g/mol. The lowest BCUT2D eigenvalue weighted by molar-refractivity contribution is -0.119. The Morgan fingerprint density at radius 3 is 2.23 bits per heavy atom. The van der Waals surface area contributed by atoms with E-state index < -0.39 is 7.12 Å². The summed E-state index contributed by atoms with van der Waals surface area (Å²) in [5, 5.41) is 2.85. The van der Waals surface area contributed by atoms with Gasteiger partial charge in [-0.05, 0) is 77.5 Å². The van der Waals surface area contributed by atoms with Gasteiger partial charge in [-0.25, -0.2) is 0 Å². The van der Waals surface area contributed by atoms with Crippen molar-refractivity contribution in [3.63, 3.8) is 0 Å². The minimum atomic E-state index is -0.418. The SMILES string of the molecule is CC(=O)NCc1ccc(B2OC(C)(C)C(C)(C)O2)c(SNC(C)(C)C)c1. The third kappa shape index (κ3) is 5.25. The van der Waals surface area contributed by atoms with Gasteiger partial charge in [0.25, 0.3) is 0 Å². The average Bonchev–Trinajstić information content (AvgIpc) is 2.70. The van der Waals surface area contributed by atoms with E-state index >= 15 is 0 Å². The zero-order chi connectivity index (χ0) is 19.8. The van der Waals surface area contributed by atoms with E-state index in [1.807, 2.05) is 12.1 Å². The van der Waals surface area contributed by atoms with Gasteiger partial charge in [-0.3, -0.25) is 9.52 Å². The fourth-order valence-corrected chi connectivity index (χ4v) is 3.29. The van der Waals surface area contributed by atoms with Gasteiger partial charge < -0.3 is 14.6 Å². The van der Waals surface area contributed by atoms with Crippen molar-refractivity contribution in [3.05, 3.63) is 23.8 Å². The largest absolute Gasteiger partial charge is 0.496 e. The molecule has 1 aromatic carbocycles. The highest BCUT2D eigenvalue weighted by atomic mass is 32.2. The second-order valence-electron chi connectivity index (χ2n) is 8.82. The molecule has 0 bridgehead atoms. The Labute approximate surface area is 162 Å². The van der Waals surface area contributed by atoms with Crippen molar-refractivity contribution < 1.29 is 14.1 Å². The van der Waals surface area contributed by atoms with Crippen molar-refractivity contribution in [3.8, 4) is 0 Å². The van der Waals surface area contributed by atoms with E-state index in [1.165, 1.54) is 6.92 Å². The van der Waals surface area contributed by atoms with Gasteiger partial charge in [0.05, 0.1) is 11.2 Å². The molecule has 2 rings (SSSR count). The normalized spacial score (nSPS) is 18.8. The maximum absolute atomic E-state index is 11.2. The highest BCUT2D eigenvalue weighted by Gasteiger charge is 2.52. The summed E-state index contributed by atoms with van der Waals surface area (Å²) in [5.41, 5.74) is 1.24. The lowest BCUT2D eigenvalue weighted by atomic mass is 9.78. The van der Waals surface area contributed by atoms with E-state index in [0.717, 1.165) is 15.9 Å². The van der Waals surface area contributed by atoms with E-state index in [4.69, 9.17) is 9.31 Å². The molecule has 0 spiro atoms. The summed E-state index contributed by atoms with van der Waals surface area (Å²) >= 11 is 1.57. The summed E-state index contributed by atoms with van der Waals surface area (Å²) in [6.45, 7) is 16.6. The van der Waals surface area contributed by atoms with Crippen LogP contribution in [0, 0.1) is 0 Å². The van der Waals surface area contributed by atoms with Crippen molar-refractivity contribution in [1.82, 2.24) is 10.0 Å². The van der Waals surface area contributed by atoms with Crippen molar-refractivity contribution in [2.24, 2.45) is 0 Å². The molecule has 0 radical (unpaired) electrons. The fraction of sp³-hybridized carbons (Fsp3) is 0.632. The number of benzene rings is 1. The summed E-state index contributed by atoms with van der Waals surface area (Å²) in [4.78, 5) is 12.3. The number of carbonyl (C=O) groups is 1. The topological polar surface area (TPSA) is 59.6 Å². The molecule has 1 heterocycles. The van der Waals surface area contributed by atoms with E-state index in [-0.39, 0.29) is 22.6 Å². The summed E-state index contributed by atoms with van der Waals surface area (Å²) in [6.07, 6.45) is 0. The second-order valence-corrected chi connectivity index (χ2v) is 9.67. The third-order valence-electron chi connectivity index (χ3n) is 4.59. The molecule has 0 atom stereocenters. The number of hydrogen-bond donors (Lipinski definition) is 2. The molecule has 0 aliphatic carbocycles. The molecule has 2 N–H and O–H groups in total. The number of nitrogens with one attached hydrogen (secondary N) is 2. The van der Waals surface area contributed by atoms with Crippen LogP contribution in [0.2, 0.25) is 0 Å². The Morgan fingerprint density at radius 1 is 1.15 bits per heavy atom. The summed E-state index contributed by atoms with van der Waals surface area (Å²) in [6, 6.07) is 6.13. The Balaban J connectivity index is 2.30. The second kappa shape index (κ2) is 7.54. The van der Waals surface area contributed by atoms with Crippen LogP contribution in [-0.4, -0.2) is 29.8 Å². The predicted octanol–water partition coefficient (Wildman–Crippen LogP) is 3.02. The Morgan fingerprint density at radius 2 is 1.73 bits per heavy atom. The van der Waals surface area contributed by atoms with Gasteiger partial charge >= 0.3 is 7.12 Å². The van der Waals surface area contributed by atoms with Crippen LogP contribution < -0.4 is 15.5 Å². The molecule has 0 saturated carbocycles. The van der Waals surface area contributed by atoms with Gasteiger partial charge in [0, 0.05) is 23.9 Å². The molecule has 1 aromatic rings. The molecule has 5 nitrogen and oxygen atoms in total. The first-order valence-electron chi connectivity index (χ1n) is 8.98. The molecule has 1 aliphatic rings. The minimum Gasteiger partial charge on any atom is -0.399 e. The molecular formula is C19H31BN2O3S. The highest BCUT2D eigenvalue weighted by molar-refractivity contribution is 7.97. The quantitative estimate of drug-likeness (QED) is 0.609. The lowest BCUT2D eigenvalue weighted by Gasteiger charge is -2.32. The summed E-state index contributed by atoms with van der Waals surface area (Å²) in [5.74, 6) is -0.0398. The van der Waals surface area contributed by atoms with Crippen LogP contribution in [0.4, 0.5) is 0 Å². The minimum absolute atomic E-state index is 0.0362. The number of amides is 1. The Hall–Kier alpha value is -1.02. The fourth-order valence-electron chi connectivity index (χ4n) is 2.38. The van der Waals surface area contributed by atoms with Crippen LogP contribution in [0.3, 0.4) is 0 Å². The van der Waals surface area contributed by atoms with E-state index in [9.17, 15) is 4.79 Å². The Bertz CT molecular complexity index is 655. The molecular weight excluding hydrogens is 347 g/mol. The summed E-state index contributed by atoms with van der Waals surface area (Å²) in [7, 11) is -0.418. The first kappa shape index (κ1) is 21.3. The van der Waals surface area contributed by atoms with Gasteiger partial charge in [0.2, 0.25) is 5.91 Å². The van der Waals surface area contributed by atoms with Crippen LogP contribution in [-0.2, 0) is 20.6 Å². The smallest absolute Gasteiger partial charge is 0.399 e. The van der Waals surface area contributed by atoms with Crippen molar-refractivity contribution in [1.29, 1.82) is 0 Å². The lowest BCUT2D eigenvalue weighted by Crippen LogP contribution is -2.41.